The van der Waals surface area contributed by atoms with Crippen molar-refractivity contribution in [3.05, 3.63) is 17.4 Å². The summed E-state index contributed by atoms with van der Waals surface area (Å²) in [7, 11) is -1.63. The zero-order valence-electron chi connectivity index (χ0n) is 5.40. The van der Waals surface area contributed by atoms with E-state index in [-0.39, 0.29) is 16.4 Å². The topological polar surface area (TPSA) is 73.6 Å². The van der Waals surface area contributed by atoms with Gasteiger partial charge in [-0.15, -0.1) is 0 Å². The fraction of sp³-hybridized carbons (Fsp3) is 0. The minimum absolute atomic E-state index is 0.0607. The first-order valence-corrected chi connectivity index (χ1v) is 3.19. The zero-order valence-corrected chi connectivity index (χ0v) is 6.15. The summed E-state index contributed by atoms with van der Waals surface area (Å²) in [6.45, 7) is 0. The van der Waals surface area contributed by atoms with Crippen molar-refractivity contribution >= 4 is 24.2 Å². The molecule has 0 saturated carbocycles. The Balaban J connectivity index is 3.05. The molecule has 1 rings (SSSR count). The molecule has 1 heterocycles. The number of aromatic nitrogens is 1. The van der Waals surface area contributed by atoms with E-state index in [0.717, 1.165) is 6.07 Å². The third-order valence-corrected chi connectivity index (χ3v) is 1.43. The van der Waals surface area contributed by atoms with Gasteiger partial charge in [-0.05, 0) is 6.07 Å². The number of aromatic hydroxyl groups is 1. The van der Waals surface area contributed by atoms with Crippen LogP contribution < -0.4 is 5.46 Å². The monoisotopic (exact) mass is 173 g/mol. The SMILES string of the molecule is OB(O)c1cnc(Cl)c(O)c1. The van der Waals surface area contributed by atoms with Crippen molar-refractivity contribution in [2.45, 2.75) is 0 Å². The molecule has 0 bridgehead atoms. The number of rotatable bonds is 1. The van der Waals surface area contributed by atoms with Gasteiger partial charge in [-0.2, -0.15) is 0 Å². The molecule has 11 heavy (non-hydrogen) atoms. The van der Waals surface area contributed by atoms with Gasteiger partial charge in [0.25, 0.3) is 0 Å². The van der Waals surface area contributed by atoms with E-state index in [1.165, 1.54) is 6.20 Å². The predicted molar refractivity (Wildman–Crippen MR) is 40.7 cm³/mol. The number of halogens is 1. The van der Waals surface area contributed by atoms with Gasteiger partial charge in [0.2, 0.25) is 0 Å². The van der Waals surface area contributed by atoms with Crippen LogP contribution in [0.3, 0.4) is 0 Å². The van der Waals surface area contributed by atoms with Crippen molar-refractivity contribution < 1.29 is 15.2 Å². The standard InChI is InChI=1S/C5H5BClNO3/c7-5-4(9)1-3(2-8-5)6(10)11/h1-2,9-11H. The number of hydrogen-bond acceptors (Lipinski definition) is 4. The predicted octanol–water partition coefficient (Wildman–Crippen LogP) is -0.880. The molecule has 0 atom stereocenters. The van der Waals surface area contributed by atoms with Crippen LogP contribution in [-0.4, -0.2) is 27.3 Å². The maximum Gasteiger partial charge on any atom is 0.490 e. The molecule has 58 valence electrons. The lowest BCUT2D eigenvalue weighted by Gasteiger charge is -1.99. The normalized spacial score (nSPS) is 9.73. The van der Waals surface area contributed by atoms with Crippen molar-refractivity contribution in [2.24, 2.45) is 0 Å². The van der Waals surface area contributed by atoms with Gasteiger partial charge in [-0.1, -0.05) is 11.6 Å². The number of pyridine rings is 1. The molecule has 3 N–H and O–H groups in total. The Kier molecular flexibility index (Phi) is 2.33. The van der Waals surface area contributed by atoms with Crippen LogP contribution in [0.15, 0.2) is 12.3 Å². The highest BCUT2D eigenvalue weighted by Gasteiger charge is 2.12. The van der Waals surface area contributed by atoms with Crippen LogP contribution in [0.25, 0.3) is 0 Å². The first-order valence-electron chi connectivity index (χ1n) is 2.82. The smallest absolute Gasteiger partial charge is 0.490 e. The van der Waals surface area contributed by atoms with Gasteiger partial charge in [0.15, 0.2) is 10.9 Å². The highest BCUT2D eigenvalue weighted by molar-refractivity contribution is 6.58. The fourth-order valence-electron chi connectivity index (χ4n) is 0.593. The highest BCUT2D eigenvalue weighted by Crippen LogP contribution is 2.16. The Morgan fingerprint density at radius 3 is 2.55 bits per heavy atom. The Labute approximate surface area is 68.2 Å². The van der Waals surface area contributed by atoms with Crippen molar-refractivity contribution in [2.75, 3.05) is 0 Å². The number of nitrogens with zero attached hydrogens (tertiary/aromatic N) is 1. The van der Waals surface area contributed by atoms with Gasteiger partial charge >= 0.3 is 7.12 Å². The average molecular weight is 173 g/mol. The molecule has 4 nitrogen and oxygen atoms in total. The molecule has 0 fully saturated rings. The summed E-state index contributed by atoms with van der Waals surface area (Å²) in [6, 6.07) is 1.14. The molecular formula is C5H5BClNO3. The third-order valence-electron chi connectivity index (χ3n) is 1.14. The Bertz CT molecular complexity index is 268. The van der Waals surface area contributed by atoms with E-state index in [9.17, 15) is 0 Å². The van der Waals surface area contributed by atoms with E-state index in [2.05, 4.69) is 4.98 Å². The quantitative estimate of drug-likeness (QED) is 0.381. The van der Waals surface area contributed by atoms with Gasteiger partial charge in [0.1, 0.15) is 0 Å². The largest absolute Gasteiger partial charge is 0.505 e. The maximum atomic E-state index is 8.93. The first kappa shape index (κ1) is 8.32. The molecule has 0 aliphatic carbocycles. The summed E-state index contributed by atoms with van der Waals surface area (Å²) >= 11 is 5.36. The Morgan fingerprint density at radius 2 is 2.09 bits per heavy atom. The first-order chi connectivity index (χ1) is 5.11. The van der Waals surface area contributed by atoms with E-state index < -0.39 is 7.12 Å². The van der Waals surface area contributed by atoms with Crippen LogP contribution >= 0.6 is 11.6 Å². The fourth-order valence-corrected chi connectivity index (χ4v) is 0.697. The van der Waals surface area contributed by atoms with Gasteiger partial charge in [-0.25, -0.2) is 4.98 Å². The molecule has 0 aromatic carbocycles. The number of hydrogen-bond donors (Lipinski definition) is 3. The molecule has 1 aromatic rings. The molecular weight excluding hydrogens is 168 g/mol. The lowest BCUT2D eigenvalue weighted by molar-refractivity contribution is 0.424. The molecule has 0 radical (unpaired) electrons. The lowest BCUT2D eigenvalue weighted by Crippen LogP contribution is -2.29. The summed E-state index contributed by atoms with van der Waals surface area (Å²) < 4.78 is 0. The molecule has 0 aliphatic rings. The summed E-state index contributed by atoms with van der Waals surface area (Å²) in [4.78, 5) is 3.50. The van der Waals surface area contributed by atoms with Gasteiger partial charge < -0.3 is 15.2 Å². The van der Waals surface area contributed by atoms with Crippen LogP contribution in [-0.2, 0) is 0 Å². The van der Waals surface area contributed by atoms with Gasteiger partial charge in [0, 0.05) is 11.7 Å². The summed E-state index contributed by atoms with van der Waals surface area (Å²) in [5.74, 6) is -0.266. The third kappa shape index (κ3) is 1.83. The summed E-state index contributed by atoms with van der Waals surface area (Å²) in [5, 5.41) is 26.1. The van der Waals surface area contributed by atoms with Crippen LogP contribution in [0, 0.1) is 0 Å². The maximum absolute atomic E-state index is 8.93. The molecule has 1 aromatic heterocycles. The van der Waals surface area contributed by atoms with Crippen LogP contribution in [0.5, 0.6) is 5.75 Å². The Morgan fingerprint density at radius 1 is 1.45 bits per heavy atom. The molecule has 6 heteroatoms. The van der Waals surface area contributed by atoms with E-state index in [1.807, 2.05) is 0 Å². The van der Waals surface area contributed by atoms with Gasteiger partial charge in [0.05, 0.1) is 0 Å². The van der Waals surface area contributed by atoms with Crippen molar-refractivity contribution in [1.29, 1.82) is 0 Å². The Hall–Kier alpha value is -0.775. The second kappa shape index (κ2) is 3.08. The highest BCUT2D eigenvalue weighted by atomic mass is 35.5. The van der Waals surface area contributed by atoms with Crippen molar-refractivity contribution in [1.82, 2.24) is 4.98 Å². The van der Waals surface area contributed by atoms with Gasteiger partial charge in [-0.3, -0.25) is 0 Å². The zero-order chi connectivity index (χ0) is 8.43. The van der Waals surface area contributed by atoms with E-state index in [0.29, 0.717) is 0 Å². The minimum Gasteiger partial charge on any atom is -0.505 e. The van der Waals surface area contributed by atoms with Crippen LogP contribution in [0.2, 0.25) is 5.15 Å². The van der Waals surface area contributed by atoms with Crippen LogP contribution in [0.1, 0.15) is 0 Å². The summed E-state index contributed by atoms with van der Waals surface area (Å²) in [5.41, 5.74) is 0.104. The molecule has 0 saturated heterocycles. The van der Waals surface area contributed by atoms with Crippen LogP contribution in [0.4, 0.5) is 0 Å². The molecule has 0 aliphatic heterocycles. The van der Waals surface area contributed by atoms with E-state index in [1.54, 1.807) is 0 Å². The molecule has 0 unspecified atom stereocenters. The van der Waals surface area contributed by atoms with E-state index >= 15 is 0 Å². The molecule has 0 amide bonds. The second-order valence-electron chi connectivity index (χ2n) is 1.95. The summed E-state index contributed by atoms with van der Waals surface area (Å²) in [6.07, 6.45) is 1.17. The van der Waals surface area contributed by atoms with Crippen molar-refractivity contribution in [3.63, 3.8) is 0 Å². The minimum atomic E-state index is -1.63. The average Bonchev–Trinajstić information content (AvgIpc) is 1.94. The lowest BCUT2D eigenvalue weighted by atomic mass is 9.82. The second-order valence-corrected chi connectivity index (χ2v) is 2.31. The van der Waals surface area contributed by atoms with E-state index in [4.69, 9.17) is 26.8 Å². The van der Waals surface area contributed by atoms with Crippen molar-refractivity contribution in [3.8, 4) is 5.75 Å². The molecule has 0 spiro atoms.